The van der Waals surface area contributed by atoms with Gasteiger partial charge >= 0.3 is 0 Å². The zero-order valence-electron chi connectivity index (χ0n) is 11.4. The average Bonchev–Trinajstić information content (AvgIpc) is 2.93. The first kappa shape index (κ1) is 16.0. The number of nitrogens with two attached hydrogens (primary N) is 1. The topological polar surface area (TPSA) is 55.1 Å². The summed E-state index contributed by atoms with van der Waals surface area (Å²) in [5.41, 5.74) is 8.24. The van der Waals surface area contributed by atoms with Crippen molar-refractivity contribution in [2.75, 3.05) is 5.32 Å². The maximum absolute atomic E-state index is 12.5. The van der Waals surface area contributed by atoms with Crippen molar-refractivity contribution in [1.82, 2.24) is 0 Å². The molecular formula is C15H20ClIN2O. The normalized spacial score (nSPS) is 30.9. The fourth-order valence-corrected chi connectivity index (χ4v) is 4.36. The molecule has 2 bridgehead atoms. The van der Waals surface area contributed by atoms with E-state index >= 15 is 0 Å². The van der Waals surface area contributed by atoms with Crippen LogP contribution in [0.3, 0.4) is 0 Å². The van der Waals surface area contributed by atoms with Crippen LogP contribution < -0.4 is 11.1 Å². The SMILES string of the molecule is Cc1cc(I)ccc1NC(=O)C1C2CCC(C2)C1N.Cl. The van der Waals surface area contributed by atoms with Gasteiger partial charge in [0.15, 0.2) is 0 Å². The van der Waals surface area contributed by atoms with Gasteiger partial charge in [-0.25, -0.2) is 0 Å². The molecule has 0 saturated heterocycles. The van der Waals surface area contributed by atoms with Crippen molar-refractivity contribution < 1.29 is 4.79 Å². The summed E-state index contributed by atoms with van der Waals surface area (Å²) in [5, 5.41) is 3.07. The van der Waals surface area contributed by atoms with E-state index in [1.54, 1.807) is 0 Å². The number of halogens is 2. The lowest BCUT2D eigenvalue weighted by atomic mass is 9.84. The number of hydrogen-bond acceptors (Lipinski definition) is 2. The molecule has 0 aliphatic heterocycles. The van der Waals surface area contributed by atoms with Crippen LogP contribution in [0, 0.1) is 28.2 Å². The lowest BCUT2D eigenvalue weighted by Gasteiger charge is -2.27. The summed E-state index contributed by atoms with van der Waals surface area (Å²) in [5.74, 6) is 1.20. The monoisotopic (exact) mass is 406 g/mol. The number of carbonyl (C=O) groups excluding carboxylic acids is 1. The van der Waals surface area contributed by atoms with E-state index < -0.39 is 0 Å². The Morgan fingerprint density at radius 2 is 2.05 bits per heavy atom. The van der Waals surface area contributed by atoms with Crippen molar-refractivity contribution in [1.29, 1.82) is 0 Å². The number of anilines is 1. The van der Waals surface area contributed by atoms with Gasteiger partial charge in [0.25, 0.3) is 0 Å². The van der Waals surface area contributed by atoms with E-state index in [4.69, 9.17) is 5.73 Å². The quantitative estimate of drug-likeness (QED) is 0.740. The minimum atomic E-state index is 0. The number of fused-ring (bicyclic) bond motifs is 2. The second kappa shape index (κ2) is 6.20. The molecule has 0 aromatic heterocycles. The highest BCUT2D eigenvalue weighted by Gasteiger charge is 2.49. The first-order valence-electron chi connectivity index (χ1n) is 6.89. The maximum Gasteiger partial charge on any atom is 0.229 e. The summed E-state index contributed by atoms with van der Waals surface area (Å²) in [4.78, 5) is 12.5. The number of benzene rings is 1. The van der Waals surface area contributed by atoms with Crippen LogP contribution in [0.4, 0.5) is 5.69 Å². The average molecular weight is 407 g/mol. The summed E-state index contributed by atoms with van der Waals surface area (Å²) in [6, 6.07) is 6.14. The molecule has 2 aliphatic carbocycles. The molecule has 0 heterocycles. The Balaban J connectivity index is 0.00000147. The highest BCUT2D eigenvalue weighted by atomic mass is 127. The van der Waals surface area contributed by atoms with Crippen LogP contribution in [0.15, 0.2) is 18.2 Å². The molecule has 1 aromatic carbocycles. The summed E-state index contributed by atoms with van der Waals surface area (Å²) in [6.45, 7) is 2.03. The van der Waals surface area contributed by atoms with Gasteiger partial charge in [0, 0.05) is 15.3 Å². The van der Waals surface area contributed by atoms with E-state index in [2.05, 4.69) is 34.0 Å². The Hall–Kier alpha value is -0.330. The Morgan fingerprint density at radius 1 is 1.35 bits per heavy atom. The Morgan fingerprint density at radius 3 is 2.65 bits per heavy atom. The van der Waals surface area contributed by atoms with E-state index in [0.29, 0.717) is 11.8 Å². The van der Waals surface area contributed by atoms with Crippen LogP contribution in [-0.2, 0) is 4.79 Å². The number of aryl methyl sites for hydroxylation is 1. The Kier molecular flexibility index (Phi) is 4.97. The molecule has 1 aromatic rings. The zero-order chi connectivity index (χ0) is 13.6. The minimum absolute atomic E-state index is 0. The second-order valence-corrected chi connectivity index (χ2v) is 7.13. The number of amides is 1. The minimum Gasteiger partial charge on any atom is -0.327 e. The molecule has 4 atom stereocenters. The fraction of sp³-hybridized carbons (Fsp3) is 0.533. The molecule has 5 heteroatoms. The summed E-state index contributed by atoms with van der Waals surface area (Å²) >= 11 is 2.28. The fourth-order valence-electron chi connectivity index (χ4n) is 3.71. The predicted molar refractivity (Wildman–Crippen MR) is 92.1 cm³/mol. The van der Waals surface area contributed by atoms with Gasteiger partial charge in [-0.1, -0.05) is 0 Å². The standard InChI is InChI=1S/C15H19IN2O.ClH/c1-8-6-11(16)4-5-12(8)18-15(19)13-9-2-3-10(7-9)14(13)17;/h4-6,9-10,13-14H,2-3,7,17H2,1H3,(H,18,19);1H. The van der Waals surface area contributed by atoms with Crippen molar-refractivity contribution in [2.45, 2.75) is 32.2 Å². The van der Waals surface area contributed by atoms with Crippen LogP contribution >= 0.6 is 35.0 Å². The van der Waals surface area contributed by atoms with Gasteiger partial charge in [-0.2, -0.15) is 0 Å². The van der Waals surface area contributed by atoms with Crippen molar-refractivity contribution in [2.24, 2.45) is 23.5 Å². The molecule has 2 saturated carbocycles. The molecule has 4 unspecified atom stereocenters. The largest absolute Gasteiger partial charge is 0.327 e. The Bertz CT molecular complexity index is 521. The smallest absolute Gasteiger partial charge is 0.229 e. The third-order valence-corrected chi connectivity index (χ3v) is 5.40. The number of nitrogens with one attached hydrogen (secondary N) is 1. The highest BCUT2D eigenvalue weighted by Crippen LogP contribution is 2.47. The molecule has 110 valence electrons. The first-order valence-corrected chi connectivity index (χ1v) is 7.96. The molecule has 20 heavy (non-hydrogen) atoms. The van der Waals surface area contributed by atoms with Crippen LogP contribution in [0.5, 0.6) is 0 Å². The van der Waals surface area contributed by atoms with Gasteiger partial charge < -0.3 is 11.1 Å². The highest BCUT2D eigenvalue weighted by molar-refractivity contribution is 14.1. The van der Waals surface area contributed by atoms with Crippen molar-refractivity contribution in [3.63, 3.8) is 0 Å². The molecule has 3 N–H and O–H groups in total. The molecule has 2 fully saturated rings. The van der Waals surface area contributed by atoms with Gasteiger partial charge in [0.2, 0.25) is 5.91 Å². The Labute approximate surface area is 139 Å². The zero-order valence-corrected chi connectivity index (χ0v) is 14.4. The number of carbonyl (C=O) groups is 1. The van der Waals surface area contributed by atoms with Crippen LogP contribution in [0.1, 0.15) is 24.8 Å². The molecular weight excluding hydrogens is 387 g/mol. The molecule has 2 aliphatic rings. The molecule has 3 nitrogen and oxygen atoms in total. The summed E-state index contributed by atoms with van der Waals surface area (Å²) < 4.78 is 1.18. The van der Waals surface area contributed by atoms with Gasteiger partial charge in [-0.3, -0.25) is 4.79 Å². The molecule has 0 radical (unpaired) electrons. The summed E-state index contributed by atoms with van der Waals surface area (Å²) in [6.07, 6.45) is 3.52. The predicted octanol–water partition coefficient (Wildman–Crippen LogP) is 3.33. The first-order chi connectivity index (χ1) is 9.06. The van der Waals surface area contributed by atoms with E-state index in [-0.39, 0.29) is 30.3 Å². The van der Waals surface area contributed by atoms with Crippen molar-refractivity contribution >= 4 is 46.6 Å². The summed E-state index contributed by atoms with van der Waals surface area (Å²) in [7, 11) is 0. The number of hydrogen-bond donors (Lipinski definition) is 2. The van der Waals surface area contributed by atoms with Crippen LogP contribution in [0.25, 0.3) is 0 Å². The van der Waals surface area contributed by atoms with Gasteiger partial charge in [-0.05, 0) is 84.4 Å². The number of rotatable bonds is 2. The second-order valence-electron chi connectivity index (χ2n) is 5.88. The van der Waals surface area contributed by atoms with Crippen LogP contribution in [0.2, 0.25) is 0 Å². The van der Waals surface area contributed by atoms with Crippen molar-refractivity contribution in [3.05, 3.63) is 27.3 Å². The van der Waals surface area contributed by atoms with E-state index in [9.17, 15) is 4.79 Å². The third-order valence-electron chi connectivity index (χ3n) is 4.73. The lowest BCUT2D eigenvalue weighted by molar-refractivity contribution is -0.121. The molecule has 3 rings (SSSR count). The maximum atomic E-state index is 12.5. The van der Waals surface area contributed by atoms with E-state index in [0.717, 1.165) is 17.7 Å². The van der Waals surface area contributed by atoms with Crippen LogP contribution in [-0.4, -0.2) is 11.9 Å². The van der Waals surface area contributed by atoms with Gasteiger partial charge in [0.05, 0.1) is 5.92 Å². The van der Waals surface area contributed by atoms with E-state index in [1.807, 2.05) is 19.1 Å². The molecule has 1 amide bonds. The van der Waals surface area contributed by atoms with Gasteiger partial charge in [-0.15, -0.1) is 12.4 Å². The van der Waals surface area contributed by atoms with Crippen molar-refractivity contribution in [3.8, 4) is 0 Å². The van der Waals surface area contributed by atoms with Gasteiger partial charge in [0.1, 0.15) is 0 Å². The third kappa shape index (κ3) is 2.83. The van der Waals surface area contributed by atoms with E-state index in [1.165, 1.54) is 16.4 Å². The molecule has 0 spiro atoms. The lowest BCUT2D eigenvalue weighted by Crippen LogP contribution is -2.42.